The zero-order valence-corrected chi connectivity index (χ0v) is 29.8. The van der Waals surface area contributed by atoms with E-state index < -0.39 is 23.4 Å². The third kappa shape index (κ3) is 5.45. The van der Waals surface area contributed by atoms with Gasteiger partial charge in [0.15, 0.2) is 0 Å². The first kappa shape index (κ1) is 33.7. The van der Waals surface area contributed by atoms with Crippen molar-refractivity contribution in [1.29, 1.82) is 0 Å². The molecule has 0 aliphatic rings. The molecule has 0 aliphatic heterocycles. The molecule has 0 saturated heterocycles. The fourth-order valence-corrected chi connectivity index (χ4v) is 7.54. The minimum Gasteiger partial charge on any atom is -0.309 e. The Kier molecular flexibility index (Phi) is 7.48. The van der Waals surface area contributed by atoms with Gasteiger partial charge in [0.2, 0.25) is 0 Å². The average Bonchev–Trinajstić information content (AvgIpc) is 3.58. The number of rotatable bonds is 3. The van der Waals surface area contributed by atoms with E-state index in [1.54, 1.807) is 9.13 Å². The van der Waals surface area contributed by atoms with Gasteiger partial charge in [0.1, 0.15) is 17.2 Å². The summed E-state index contributed by atoms with van der Waals surface area (Å²) in [6.45, 7) is 12.6. The molecule has 2 heterocycles. The summed E-state index contributed by atoms with van der Waals surface area (Å²) in [5, 5.41) is 3.22. The van der Waals surface area contributed by atoms with Gasteiger partial charge in [-0.15, -0.1) is 0 Å². The highest BCUT2D eigenvalue weighted by atomic mass is 19.4. The lowest BCUT2D eigenvalue weighted by Gasteiger charge is -2.24. The van der Waals surface area contributed by atoms with Gasteiger partial charge in [-0.3, -0.25) is 0 Å². The predicted molar refractivity (Wildman–Crippen MR) is 203 cm³/mol. The van der Waals surface area contributed by atoms with Gasteiger partial charge >= 0.3 is 6.18 Å². The molecule has 0 amide bonds. The molecule has 0 saturated carbocycles. The van der Waals surface area contributed by atoms with E-state index in [4.69, 9.17) is 0 Å². The standard InChI is InChI=1S/C45H37F5N2/c1-43(2,3)28-15-17-38-34(23-28)32-11-7-9-13-36(32)51(38)40-21-27(26-19-30(46)25-31(47)20-26)22-41(42(40)45(48,49)50)52-37-14-10-8-12-33(37)35-24-29(44(4,5)6)16-18-39(35)52/h7-25H,1-6H3. The molecular formula is C45H37F5N2. The van der Waals surface area contributed by atoms with Gasteiger partial charge < -0.3 is 9.13 Å². The molecule has 0 bridgehead atoms. The Labute approximate surface area is 298 Å². The zero-order valence-electron chi connectivity index (χ0n) is 29.8. The Hall–Kier alpha value is -5.43. The number of benzene rings is 6. The molecule has 0 N–H and O–H groups in total. The topological polar surface area (TPSA) is 9.86 Å². The van der Waals surface area contributed by atoms with Crippen LogP contribution in [0, 0.1) is 11.6 Å². The summed E-state index contributed by atoms with van der Waals surface area (Å²) in [6.07, 6.45) is -4.84. The van der Waals surface area contributed by atoms with Crippen LogP contribution in [-0.4, -0.2) is 9.13 Å². The van der Waals surface area contributed by atoms with Crippen molar-refractivity contribution in [3.05, 3.63) is 144 Å². The second-order valence-electron chi connectivity index (χ2n) is 15.7. The Bertz CT molecular complexity index is 2540. The van der Waals surface area contributed by atoms with Crippen LogP contribution < -0.4 is 0 Å². The third-order valence-electron chi connectivity index (χ3n) is 10.1. The molecule has 2 aromatic heterocycles. The quantitative estimate of drug-likeness (QED) is 0.162. The predicted octanol–water partition coefficient (Wildman–Crippen LogP) is 13.4. The van der Waals surface area contributed by atoms with E-state index in [2.05, 4.69) is 41.5 Å². The van der Waals surface area contributed by atoms with Gasteiger partial charge in [0, 0.05) is 27.6 Å². The van der Waals surface area contributed by atoms with E-state index in [-0.39, 0.29) is 33.3 Å². The van der Waals surface area contributed by atoms with Gasteiger partial charge in [-0.1, -0.05) is 90.1 Å². The number of alkyl halides is 3. The Morgan fingerprint density at radius 1 is 0.423 bits per heavy atom. The molecule has 0 spiro atoms. The summed E-state index contributed by atoms with van der Waals surface area (Å²) in [5.74, 6) is -1.65. The summed E-state index contributed by atoms with van der Waals surface area (Å²) < 4.78 is 81.0. The van der Waals surface area contributed by atoms with Crippen LogP contribution >= 0.6 is 0 Å². The molecular weight excluding hydrogens is 663 g/mol. The van der Waals surface area contributed by atoms with Crippen LogP contribution in [0.2, 0.25) is 0 Å². The maximum Gasteiger partial charge on any atom is 0.420 e. The van der Waals surface area contributed by atoms with E-state index in [9.17, 15) is 8.78 Å². The highest BCUT2D eigenvalue weighted by Crippen LogP contribution is 2.47. The SMILES string of the molecule is CC(C)(C)c1ccc2c(c1)c1ccccc1n2-c1cc(-c2cc(F)cc(F)c2)cc(-n2c3ccccc3c3cc(C(C)(C)C)ccc32)c1C(F)(F)F. The minimum absolute atomic E-state index is 0.125. The monoisotopic (exact) mass is 700 g/mol. The maximum absolute atomic E-state index is 16.0. The fourth-order valence-electron chi connectivity index (χ4n) is 7.54. The molecule has 2 nitrogen and oxygen atoms in total. The average molecular weight is 701 g/mol. The van der Waals surface area contributed by atoms with Crippen molar-refractivity contribution in [1.82, 2.24) is 9.13 Å². The lowest BCUT2D eigenvalue weighted by Crippen LogP contribution is -2.16. The molecule has 6 aromatic carbocycles. The van der Waals surface area contributed by atoms with E-state index in [1.165, 1.54) is 12.1 Å². The number of fused-ring (bicyclic) bond motifs is 6. The molecule has 8 aromatic rings. The maximum atomic E-state index is 16.0. The van der Waals surface area contributed by atoms with E-state index in [0.717, 1.165) is 50.9 Å². The van der Waals surface area contributed by atoms with Crippen LogP contribution in [0.5, 0.6) is 0 Å². The van der Waals surface area contributed by atoms with Crippen LogP contribution in [-0.2, 0) is 17.0 Å². The van der Waals surface area contributed by atoms with Crippen molar-refractivity contribution in [2.24, 2.45) is 0 Å². The van der Waals surface area contributed by atoms with Crippen molar-refractivity contribution in [3.8, 4) is 22.5 Å². The molecule has 0 fully saturated rings. The Morgan fingerprint density at radius 3 is 1.21 bits per heavy atom. The lowest BCUT2D eigenvalue weighted by atomic mass is 9.86. The Morgan fingerprint density at radius 2 is 0.808 bits per heavy atom. The van der Waals surface area contributed by atoms with E-state index >= 15 is 13.2 Å². The lowest BCUT2D eigenvalue weighted by molar-refractivity contribution is -0.137. The normalized spacial score (nSPS) is 12.9. The van der Waals surface area contributed by atoms with Gasteiger partial charge in [0.05, 0.1) is 33.4 Å². The third-order valence-corrected chi connectivity index (χ3v) is 10.1. The summed E-state index contributed by atoms with van der Waals surface area (Å²) in [6, 6.07) is 32.5. The van der Waals surface area contributed by atoms with Crippen molar-refractivity contribution in [2.75, 3.05) is 0 Å². The van der Waals surface area contributed by atoms with E-state index in [1.807, 2.05) is 84.9 Å². The number of hydrogen-bond acceptors (Lipinski definition) is 0. The minimum atomic E-state index is -4.84. The number of aromatic nitrogens is 2. The van der Waals surface area contributed by atoms with Gasteiger partial charge in [-0.05, 0) is 93.7 Å². The fraction of sp³-hybridized carbons (Fsp3) is 0.200. The molecule has 52 heavy (non-hydrogen) atoms. The van der Waals surface area contributed by atoms with Crippen LogP contribution in [0.4, 0.5) is 22.0 Å². The number of hydrogen-bond donors (Lipinski definition) is 0. The van der Waals surface area contributed by atoms with Gasteiger partial charge in [-0.2, -0.15) is 13.2 Å². The highest BCUT2D eigenvalue weighted by molar-refractivity contribution is 6.11. The Balaban J connectivity index is 1.58. The molecule has 0 aliphatic carbocycles. The van der Waals surface area contributed by atoms with Crippen LogP contribution in [0.3, 0.4) is 0 Å². The largest absolute Gasteiger partial charge is 0.420 e. The van der Waals surface area contributed by atoms with E-state index in [0.29, 0.717) is 22.1 Å². The van der Waals surface area contributed by atoms with Crippen molar-refractivity contribution in [3.63, 3.8) is 0 Å². The smallest absolute Gasteiger partial charge is 0.309 e. The molecule has 0 radical (unpaired) electrons. The van der Waals surface area contributed by atoms with Gasteiger partial charge in [0.25, 0.3) is 0 Å². The van der Waals surface area contributed by atoms with Crippen molar-refractivity contribution >= 4 is 43.6 Å². The number of para-hydroxylation sites is 2. The number of halogens is 5. The van der Waals surface area contributed by atoms with Crippen molar-refractivity contribution in [2.45, 2.75) is 58.5 Å². The number of nitrogens with zero attached hydrogens (tertiary/aromatic N) is 2. The van der Waals surface area contributed by atoms with Crippen LogP contribution in [0.25, 0.3) is 66.1 Å². The molecule has 8 rings (SSSR count). The first-order chi connectivity index (χ1) is 24.5. The molecule has 262 valence electrons. The summed E-state index contributed by atoms with van der Waals surface area (Å²) in [4.78, 5) is 0. The van der Waals surface area contributed by atoms with Crippen LogP contribution in [0.15, 0.2) is 115 Å². The zero-order chi connectivity index (χ0) is 36.9. The van der Waals surface area contributed by atoms with Crippen LogP contribution in [0.1, 0.15) is 58.2 Å². The summed E-state index contributed by atoms with van der Waals surface area (Å²) in [5.41, 5.74) is 3.25. The van der Waals surface area contributed by atoms with Crippen molar-refractivity contribution < 1.29 is 22.0 Å². The first-order valence-corrected chi connectivity index (χ1v) is 17.3. The first-order valence-electron chi connectivity index (χ1n) is 17.3. The molecule has 7 heteroatoms. The van der Waals surface area contributed by atoms with Gasteiger partial charge in [-0.25, -0.2) is 8.78 Å². The summed E-state index contributed by atoms with van der Waals surface area (Å²) >= 11 is 0. The molecule has 0 atom stereocenters. The molecule has 0 unspecified atom stereocenters. The highest BCUT2D eigenvalue weighted by Gasteiger charge is 2.39. The summed E-state index contributed by atoms with van der Waals surface area (Å²) in [7, 11) is 0. The second-order valence-corrected chi connectivity index (χ2v) is 15.7. The second kappa shape index (κ2) is 11.5.